The van der Waals surface area contributed by atoms with E-state index in [2.05, 4.69) is 15.0 Å². The summed E-state index contributed by atoms with van der Waals surface area (Å²) in [7, 11) is 0. The van der Waals surface area contributed by atoms with Crippen molar-refractivity contribution in [2.75, 3.05) is 12.3 Å². The number of aliphatic hydroxyl groups is 3. The van der Waals surface area contributed by atoms with E-state index in [0.717, 1.165) is 0 Å². The smallest absolute Gasteiger partial charge is 0.226 e. The number of nitrogens with zero attached hydrogens (tertiary/aromatic N) is 4. The van der Waals surface area contributed by atoms with Gasteiger partial charge < -0.3 is 25.6 Å². The highest BCUT2D eigenvalue weighted by atomic mass is 35.5. The minimum Gasteiger partial charge on any atom is -0.396 e. The predicted molar refractivity (Wildman–Crippen MR) is 80.2 cm³/mol. The van der Waals surface area contributed by atoms with Crippen LogP contribution < -0.4 is 5.73 Å². The lowest BCUT2D eigenvalue weighted by atomic mass is 9.91. The van der Waals surface area contributed by atoms with E-state index >= 15 is 0 Å². The van der Waals surface area contributed by atoms with Crippen molar-refractivity contribution in [1.82, 2.24) is 19.5 Å². The Morgan fingerprint density at radius 1 is 1.27 bits per heavy atom. The molecule has 22 heavy (non-hydrogen) atoms. The number of fused-ring (bicyclic) bond motifs is 1. The molecule has 1 fully saturated rings. The van der Waals surface area contributed by atoms with Gasteiger partial charge in [-0.3, -0.25) is 0 Å². The fourth-order valence-electron chi connectivity index (χ4n) is 3.50. The van der Waals surface area contributed by atoms with E-state index < -0.39 is 24.2 Å². The second kappa shape index (κ2) is 5.62. The van der Waals surface area contributed by atoms with Crippen LogP contribution in [0.3, 0.4) is 0 Å². The number of anilines is 1. The van der Waals surface area contributed by atoms with Crippen molar-refractivity contribution < 1.29 is 15.3 Å². The van der Waals surface area contributed by atoms with Crippen LogP contribution in [0.25, 0.3) is 11.2 Å². The first-order chi connectivity index (χ1) is 10.5. The third-order valence-electron chi connectivity index (χ3n) is 4.55. The van der Waals surface area contributed by atoms with Crippen LogP contribution in [-0.4, -0.2) is 53.7 Å². The minimum atomic E-state index is -1.03. The largest absolute Gasteiger partial charge is 0.396 e. The molecule has 9 heteroatoms. The molecule has 5 N–H and O–H groups in total. The lowest BCUT2D eigenvalue weighted by Gasteiger charge is -2.24. The summed E-state index contributed by atoms with van der Waals surface area (Å²) in [6.07, 6.45) is 0.147. The van der Waals surface area contributed by atoms with Crippen LogP contribution in [0.15, 0.2) is 6.33 Å². The van der Waals surface area contributed by atoms with Gasteiger partial charge in [0.25, 0.3) is 0 Å². The van der Waals surface area contributed by atoms with E-state index in [1.807, 2.05) is 6.92 Å². The van der Waals surface area contributed by atoms with Gasteiger partial charge in [0.2, 0.25) is 5.28 Å². The molecular weight excluding hydrogens is 310 g/mol. The molecule has 0 aliphatic heterocycles. The third-order valence-corrected chi connectivity index (χ3v) is 4.72. The topological polar surface area (TPSA) is 130 Å². The normalized spacial score (nSPS) is 32.0. The van der Waals surface area contributed by atoms with Gasteiger partial charge in [-0.25, -0.2) is 4.98 Å². The van der Waals surface area contributed by atoms with E-state index in [9.17, 15) is 15.3 Å². The van der Waals surface area contributed by atoms with Crippen molar-refractivity contribution in [1.29, 1.82) is 0 Å². The van der Waals surface area contributed by atoms with Crippen LogP contribution in [-0.2, 0) is 0 Å². The van der Waals surface area contributed by atoms with E-state index in [4.69, 9.17) is 17.3 Å². The highest BCUT2D eigenvalue weighted by molar-refractivity contribution is 6.28. The minimum absolute atomic E-state index is 0.00783. The van der Waals surface area contributed by atoms with Gasteiger partial charge in [0.05, 0.1) is 18.5 Å². The van der Waals surface area contributed by atoms with Crippen molar-refractivity contribution in [3.05, 3.63) is 11.6 Å². The van der Waals surface area contributed by atoms with Crippen molar-refractivity contribution in [3.8, 4) is 0 Å². The van der Waals surface area contributed by atoms with Crippen molar-refractivity contribution in [3.63, 3.8) is 0 Å². The molecule has 0 saturated heterocycles. The maximum Gasteiger partial charge on any atom is 0.226 e. The fraction of sp³-hybridized carbons (Fsp3) is 0.615. The maximum absolute atomic E-state index is 10.4. The molecule has 5 atom stereocenters. The second-order valence-electron chi connectivity index (χ2n) is 5.59. The van der Waals surface area contributed by atoms with Crippen LogP contribution in [0.4, 0.5) is 5.82 Å². The van der Waals surface area contributed by atoms with Gasteiger partial charge in [-0.15, -0.1) is 0 Å². The average molecular weight is 328 g/mol. The molecule has 3 rings (SSSR count). The van der Waals surface area contributed by atoms with E-state index in [0.29, 0.717) is 17.6 Å². The van der Waals surface area contributed by atoms with Crippen molar-refractivity contribution in [2.45, 2.75) is 31.6 Å². The highest BCUT2D eigenvalue weighted by Crippen LogP contribution is 2.43. The zero-order valence-corrected chi connectivity index (χ0v) is 12.7. The first-order valence-electron chi connectivity index (χ1n) is 7.12. The van der Waals surface area contributed by atoms with Gasteiger partial charge in [-0.2, -0.15) is 9.97 Å². The van der Waals surface area contributed by atoms with Gasteiger partial charge in [-0.1, -0.05) is 13.3 Å². The van der Waals surface area contributed by atoms with Crippen LogP contribution in [0.2, 0.25) is 5.28 Å². The summed E-state index contributed by atoms with van der Waals surface area (Å²) < 4.78 is 1.66. The van der Waals surface area contributed by atoms with Gasteiger partial charge >= 0.3 is 0 Å². The molecule has 2 aromatic heterocycles. The van der Waals surface area contributed by atoms with Gasteiger partial charge in [0.1, 0.15) is 11.6 Å². The molecule has 2 aromatic rings. The number of hydrogen-bond donors (Lipinski definition) is 4. The van der Waals surface area contributed by atoms with E-state index in [-0.39, 0.29) is 23.6 Å². The molecule has 8 nitrogen and oxygen atoms in total. The fourth-order valence-corrected chi connectivity index (χ4v) is 3.67. The molecule has 1 aliphatic carbocycles. The second-order valence-corrected chi connectivity index (χ2v) is 5.93. The Morgan fingerprint density at radius 3 is 2.64 bits per heavy atom. The van der Waals surface area contributed by atoms with Gasteiger partial charge in [0, 0.05) is 12.5 Å². The number of rotatable bonds is 3. The standard InChI is InChI=1S/C13H18ClN5O3/c1-2-5-6(3-20)9(21)10(22)8(5)19-4-16-7-11(15)17-13(14)18-12(7)19/h4-6,8-10,20-22H,2-3H2,1H3,(H2,15,17,18)/t5-,6-,8+,9?,10?/m0/s1. The molecule has 2 heterocycles. The molecular formula is C13H18ClN5O3. The van der Waals surface area contributed by atoms with Crippen LogP contribution in [0.1, 0.15) is 19.4 Å². The summed E-state index contributed by atoms with van der Waals surface area (Å²) in [5.41, 5.74) is 6.59. The monoisotopic (exact) mass is 327 g/mol. The Hall–Kier alpha value is -1.48. The Morgan fingerprint density at radius 2 is 2.00 bits per heavy atom. The van der Waals surface area contributed by atoms with Crippen molar-refractivity contribution >= 4 is 28.6 Å². The van der Waals surface area contributed by atoms with E-state index in [1.165, 1.54) is 6.33 Å². The number of aromatic nitrogens is 4. The summed E-state index contributed by atoms with van der Waals surface area (Å²) in [6, 6.07) is -0.465. The summed E-state index contributed by atoms with van der Waals surface area (Å²) in [6.45, 7) is 1.75. The third kappa shape index (κ3) is 2.14. The molecule has 2 unspecified atom stereocenters. The first-order valence-corrected chi connectivity index (χ1v) is 7.49. The number of aliphatic hydroxyl groups excluding tert-OH is 3. The van der Waals surface area contributed by atoms with Gasteiger partial charge in [-0.05, 0) is 17.5 Å². The molecule has 0 aromatic carbocycles. The quantitative estimate of drug-likeness (QED) is 0.582. The number of nitrogens with two attached hydrogens (primary N) is 1. The van der Waals surface area contributed by atoms with Crippen LogP contribution in [0, 0.1) is 11.8 Å². The molecule has 0 spiro atoms. The summed E-state index contributed by atoms with van der Waals surface area (Å²) in [5.74, 6) is -0.368. The number of hydrogen-bond acceptors (Lipinski definition) is 7. The maximum atomic E-state index is 10.4. The lowest BCUT2D eigenvalue weighted by Crippen LogP contribution is -2.30. The summed E-state index contributed by atoms with van der Waals surface area (Å²) in [5, 5.41) is 30.1. The Bertz CT molecular complexity index is 694. The van der Waals surface area contributed by atoms with Crippen LogP contribution >= 0.6 is 11.6 Å². The van der Waals surface area contributed by atoms with Crippen LogP contribution in [0.5, 0.6) is 0 Å². The highest BCUT2D eigenvalue weighted by Gasteiger charge is 2.49. The summed E-state index contributed by atoms with van der Waals surface area (Å²) >= 11 is 5.86. The number of nitrogen functional groups attached to an aromatic ring is 1. The molecule has 120 valence electrons. The average Bonchev–Trinajstić information content (AvgIpc) is 2.99. The summed E-state index contributed by atoms with van der Waals surface area (Å²) in [4.78, 5) is 12.2. The van der Waals surface area contributed by atoms with E-state index in [1.54, 1.807) is 4.57 Å². The molecule has 0 radical (unpaired) electrons. The predicted octanol–water partition coefficient (Wildman–Crippen LogP) is -0.0269. The SMILES string of the molecule is CC[C@H]1[C@H](CO)C(O)C(O)[C@@H]1n1cnc2c(N)nc(Cl)nc21. The Balaban J connectivity index is 2.14. The van der Waals surface area contributed by atoms with Crippen molar-refractivity contribution in [2.24, 2.45) is 11.8 Å². The molecule has 0 amide bonds. The van der Waals surface area contributed by atoms with Gasteiger partial charge in [0.15, 0.2) is 11.5 Å². The Labute approximate surface area is 131 Å². The number of imidazole rings is 1. The molecule has 1 saturated carbocycles. The first kappa shape index (κ1) is 15.4. The Kier molecular flexibility index (Phi) is 3.94. The zero-order chi connectivity index (χ0) is 16.0. The molecule has 0 bridgehead atoms. The zero-order valence-electron chi connectivity index (χ0n) is 12.0. The number of halogens is 1. The molecule has 1 aliphatic rings. The lowest BCUT2D eigenvalue weighted by molar-refractivity contribution is -0.00454.